The fourth-order valence-electron chi connectivity index (χ4n) is 5.36. The van der Waals surface area contributed by atoms with Crippen LogP contribution in [0.3, 0.4) is 0 Å². The number of hydrogen-bond donors (Lipinski definition) is 3. The minimum atomic E-state index is -1.01. The lowest BCUT2D eigenvalue weighted by Crippen LogP contribution is -2.54. The zero-order valence-electron chi connectivity index (χ0n) is 24.5. The van der Waals surface area contributed by atoms with Crippen molar-refractivity contribution in [2.24, 2.45) is 0 Å². The summed E-state index contributed by atoms with van der Waals surface area (Å²) in [6.45, 7) is 5.01. The van der Waals surface area contributed by atoms with Crippen molar-refractivity contribution in [2.75, 3.05) is 31.7 Å². The number of carbonyl (C=O) groups is 4. The Morgan fingerprint density at radius 2 is 1.59 bits per heavy atom. The van der Waals surface area contributed by atoms with Gasteiger partial charge in [0.1, 0.15) is 30.8 Å². The highest BCUT2D eigenvalue weighted by Crippen LogP contribution is 2.34. The number of amides is 4. The average Bonchev–Trinajstić information content (AvgIpc) is 3.28. The predicted octanol–water partition coefficient (Wildman–Crippen LogP) is 3.88. The molecule has 3 aromatic rings. The highest BCUT2D eigenvalue weighted by atomic mass is 35.5. The van der Waals surface area contributed by atoms with Crippen LogP contribution in [-0.2, 0) is 15.0 Å². The van der Waals surface area contributed by atoms with E-state index in [4.69, 9.17) is 26.2 Å². The summed E-state index contributed by atoms with van der Waals surface area (Å²) in [5, 5.41) is 14.0. The summed E-state index contributed by atoms with van der Waals surface area (Å²) in [5.41, 5.74) is 2.83. The maximum Gasteiger partial charge on any atom is 0.264 e. The largest absolute Gasteiger partial charge is 0.492 e. The van der Waals surface area contributed by atoms with Gasteiger partial charge in [-0.3, -0.25) is 29.4 Å². The van der Waals surface area contributed by atoms with E-state index in [0.717, 1.165) is 16.0 Å². The second-order valence-corrected chi connectivity index (χ2v) is 11.8. The van der Waals surface area contributed by atoms with E-state index in [9.17, 15) is 19.2 Å². The Labute approximate surface area is 260 Å². The molecule has 2 heterocycles. The van der Waals surface area contributed by atoms with Crippen LogP contribution in [0, 0.1) is 0 Å². The molecule has 2 atom stereocenters. The third-order valence-electron chi connectivity index (χ3n) is 7.94. The molecule has 44 heavy (non-hydrogen) atoms. The van der Waals surface area contributed by atoms with Crippen LogP contribution in [0.25, 0.3) is 0 Å². The quantitative estimate of drug-likeness (QED) is 0.158. The van der Waals surface area contributed by atoms with Gasteiger partial charge < -0.3 is 19.9 Å². The molecule has 4 amide bonds. The minimum absolute atomic E-state index is 0.0652. The summed E-state index contributed by atoms with van der Waals surface area (Å²) in [6, 6.07) is 19.6. The molecule has 0 spiro atoms. The third-order valence-corrected chi connectivity index (χ3v) is 8.20. The summed E-state index contributed by atoms with van der Waals surface area (Å²) >= 11 is 5.91. The maximum atomic E-state index is 13.3. The number of anilines is 1. The van der Waals surface area contributed by atoms with Crippen molar-refractivity contribution in [3.63, 3.8) is 0 Å². The number of hydrogen-bond acceptors (Lipinski definition) is 8. The number of ether oxygens (including phenoxy) is 2. The Morgan fingerprint density at radius 1 is 0.955 bits per heavy atom. The second-order valence-electron chi connectivity index (χ2n) is 11.2. The van der Waals surface area contributed by atoms with E-state index in [1.807, 2.05) is 48.5 Å². The molecule has 0 aromatic heterocycles. The summed E-state index contributed by atoms with van der Waals surface area (Å²) < 4.78 is 11.5. The van der Waals surface area contributed by atoms with Crippen molar-refractivity contribution < 1.29 is 33.8 Å². The minimum Gasteiger partial charge on any atom is -0.492 e. The van der Waals surface area contributed by atoms with Gasteiger partial charge in [-0.2, -0.15) is 0 Å². The van der Waals surface area contributed by atoms with Crippen LogP contribution in [0.4, 0.5) is 5.69 Å². The maximum absolute atomic E-state index is 13.3. The number of imide groups is 2. The first-order valence-electron chi connectivity index (χ1n) is 14.4. The third kappa shape index (κ3) is 6.41. The first kappa shape index (κ1) is 31.0. The lowest BCUT2D eigenvalue weighted by molar-refractivity contribution is -0.136. The van der Waals surface area contributed by atoms with Crippen molar-refractivity contribution in [3.05, 3.63) is 89.0 Å². The van der Waals surface area contributed by atoms with E-state index in [-0.39, 0.29) is 42.6 Å². The number of aliphatic hydroxyl groups is 1. The smallest absolute Gasteiger partial charge is 0.264 e. The SMILES string of the molecule is CC(C)(c1ccc(OCCNc2cccc3c2C(=O)N(C2CCC(=O)NC2=O)C3=O)cc1)c1ccc(OCC(Cl)CO)cc1. The van der Waals surface area contributed by atoms with Crippen LogP contribution in [0.1, 0.15) is 58.5 Å². The lowest BCUT2D eigenvalue weighted by Gasteiger charge is -2.27. The number of carbonyl (C=O) groups excluding carboxylic acids is 4. The molecule has 1 fully saturated rings. The molecule has 10 nitrogen and oxygen atoms in total. The van der Waals surface area contributed by atoms with Crippen molar-refractivity contribution in [3.8, 4) is 11.5 Å². The Balaban J connectivity index is 1.16. The number of nitrogens with one attached hydrogen (secondary N) is 2. The number of benzene rings is 3. The zero-order valence-corrected chi connectivity index (χ0v) is 25.2. The first-order chi connectivity index (χ1) is 21.1. The van der Waals surface area contributed by atoms with Gasteiger partial charge in [0, 0.05) is 24.1 Å². The highest BCUT2D eigenvalue weighted by Gasteiger charge is 2.45. The monoisotopic (exact) mass is 619 g/mol. The van der Waals surface area contributed by atoms with E-state index in [1.54, 1.807) is 18.2 Å². The van der Waals surface area contributed by atoms with Gasteiger partial charge in [-0.25, -0.2) is 0 Å². The van der Waals surface area contributed by atoms with Crippen molar-refractivity contribution in [1.82, 2.24) is 10.2 Å². The van der Waals surface area contributed by atoms with Gasteiger partial charge in [0.2, 0.25) is 11.8 Å². The second kappa shape index (κ2) is 13.1. The average molecular weight is 620 g/mol. The molecule has 2 aliphatic rings. The molecule has 3 aromatic carbocycles. The van der Waals surface area contributed by atoms with E-state index >= 15 is 0 Å². The number of alkyl halides is 1. The molecule has 0 radical (unpaired) electrons. The fraction of sp³-hybridized carbons (Fsp3) is 0.333. The first-order valence-corrected chi connectivity index (χ1v) is 14.8. The van der Waals surface area contributed by atoms with E-state index in [0.29, 0.717) is 30.3 Å². The van der Waals surface area contributed by atoms with Gasteiger partial charge in [0.15, 0.2) is 0 Å². The Bertz CT molecular complexity index is 1560. The standard InChI is InChI=1S/C33H34ClN3O7/c1-33(2,21-8-12-24(13-9-21)44-19-22(34)18-38)20-6-10-23(11-7-20)43-17-16-35-26-5-3-4-25-29(26)32(42)37(31(25)41)27-14-15-28(39)36-30(27)40/h3-13,22,27,35,38H,14-19H2,1-2H3,(H,36,39,40). The number of halogens is 1. The van der Waals surface area contributed by atoms with E-state index in [1.165, 1.54) is 0 Å². The predicted molar refractivity (Wildman–Crippen MR) is 164 cm³/mol. The number of nitrogens with zero attached hydrogens (tertiary/aromatic N) is 1. The fourth-order valence-corrected chi connectivity index (χ4v) is 5.42. The highest BCUT2D eigenvalue weighted by molar-refractivity contribution is 6.25. The number of rotatable bonds is 12. The summed E-state index contributed by atoms with van der Waals surface area (Å²) in [6.07, 6.45) is 0.168. The molecule has 5 rings (SSSR count). The molecule has 11 heteroatoms. The van der Waals surface area contributed by atoms with Crippen LogP contribution >= 0.6 is 11.6 Å². The molecule has 1 saturated heterocycles. The molecule has 0 saturated carbocycles. The van der Waals surface area contributed by atoms with Crippen LogP contribution in [0.5, 0.6) is 11.5 Å². The van der Waals surface area contributed by atoms with Crippen molar-refractivity contribution in [1.29, 1.82) is 0 Å². The van der Waals surface area contributed by atoms with Gasteiger partial charge >= 0.3 is 0 Å². The zero-order chi connectivity index (χ0) is 31.4. The van der Waals surface area contributed by atoms with Crippen LogP contribution in [0.15, 0.2) is 66.7 Å². The Hall–Kier alpha value is -4.41. The molecular formula is C33H34ClN3O7. The number of aliphatic hydroxyl groups excluding tert-OH is 1. The van der Waals surface area contributed by atoms with E-state index in [2.05, 4.69) is 24.5 Å². The van der Waals surface area contributed by atoms with Crippen LogP contribution < -0.4 is 20.1 Å². The summed E-state index contributed by atoms with van der Waals surface area (Å²) in [7, 11) is 0. The molecule has 3 N–H and O–H groups in total. The van der Waals surface area contributed by atoms with Gasteiger partial charge in [0.25, 0.3) is 11.8 Å². The molecule has 230 valence electrons. The lowest BCUT2D eigenvalue weighted by atomic mass is 9.78. The Kier molecular flexibility index (Phi) is 9.22. The van der Waals surface area contributed by atoms with Gasteiger partial charge in [-0.1, -0.05) is 44.2 Å². The van der Waals surface area contributed by atoms with Gasteiger partial charge in [0.05, 0.1) is 23.1 Å². The van der Waals surface area contributed by atoms with Gasteiger partial charge in [-0.15, -0.1) is 11.6 Å². The van der Waals surface area contributed by atoms with Crippen molar-refractivity contribution in [2.45, 2.75) is 43.5 Å². The summed E-state index contributed by atoms with van der Waals surface area (Å²) in [5.74, 6) is -0.797. The van der Waals surface area contributed by atoms with Crippen LogP contribution in [0.2, 0.25) is 0 Å². The normalized spacial score (nSPS) is 17.3. The van der Waals surface area contributed by atoms with E-state index < -0.39 is 35.0 Å². The van der Waals surface area contributed by atoms with Crippen LogP contribution in [-0.4, -0.2) is 71.4 Å². The summed E-state index contributed by atoms with van der Waals surface area (Å²) in [4.78, 5) is 51.1. The molecule has 2 unspecified atom stereocenters. The molecule has 0 aliphatic carbocycles. The number of fused-ring (bicyclic) bond motifs is 1. The molecule has 0 bridgehead atoms. The topological polar surface area (TPSA) is 134 Å². The molecule has 2 aliphatic heterocycles. The van der Waals surface area contributed by atoms with Crippen molar-refractivity contribution >= 4 is 40.9 Å². The number of piperidine rings is 1. The van der Waals surface area contributed by atoms with Gasteiger partial charge in [-0.05, 0) is 53.9 Å². The Morgan fingerprint density at radius 3 is 2.20 bits per heavy atom. The molecular weight excluding hydrogens is 586 g/mol.